The second kappa shape index (κ2) is 6.86. The molecule has 0 fully saturated rings. The first kappa shape index (κ1) is 13.5. The van der Waals surface area contributed by atoms with Crippen LogP contribution >= 0.6 is 11.3 Å². The Kier molecular flexibility index (Phi) is 4.88. The molecule has 2 N–H and O–H groups in total. The summed E-state index contributed by atoms with van der Waals surface area (Å²) in [5.74, 6) is -0.198. The van der Waals surface area contributed by atoms with Crippen molar-refractivity contribution in [1.29, 1.82) is 0 Å². The summed E-state index contributed by atoms with van der Waals surface area (Å²) in [5.41, 5.74) is 1.75. The molecule has 0 unspecified atom stereocenters. The normalized spacial score (nSPS) is 10.3. The Hall–Kier alpha value is -1.92. The van der Waals surface area contributed by atoms with Gasteiger partial charge in [-0.1, -0.05) is 6.08 Å². The number of carbonyl (C=O) groups is 1. The van der Waals surface area contributed by atoms with Gasteiger partial charge in [-0.2, -0.15) is 0 Å². The monoisotopic (exact) mass is 277 g/mol. The maximum atomic E-state index is 11.6. The van der Waals surface area contributed by atoms with Crippen LogP contribution in [0.3, 0.4) is 0 Å². The minimum Gasteiger partial charge on any atom is -0.371 e. The molecule has 0 bridgehead atoms. The number of aromatic amines is 1. The largest absolute Gasteiger partial charge is 0.371 e. The first-order chi connectivity index (χ1) is 9.29. The number of anilines is 1. The molecule has 0 spiro atoms. The van der Waals surface area contributed by atoms with Crippen molar-refractivity contribution in [2.75, 3.05) is 18.5 Å². The number of hydrogen-bond donors (Lipinski definition) is 2. The molecule has 5 nitrogen and oxygen atoms in total. The maximum Gasteiger partial charge on any atom is 0.252 e. The quantitative estimate of drug-likeness (QED) is 0.604. The number of amides is 1. The Bertz CT molecular complexity index is 534. The van der Waals surface area contributed by atoms with Gasteiger partial charge >= 0.3 is 0 Å². The van der Waals surface area contributed by atoms with Crippen molar-refractivity contribution in [3.05, 3.63) is 36.4 Å². The Morgan fingerprint density at radius 3 is 3.26 bits per heavy atom. The Morgan fingerprint density at radius 2 is 2.53 bits per heavy atom. The van der Waals surface area contributed by atoms with Gasteiger partial charge in [0.2, 0.25) is 0 Å². The van der Waals surface area contributed by atoms with Crippen LogP contribution in [-0.2, 0) is 9.53 Å². The fourth-order valence-electron chi connectivity index (χ4n) is 1.43. The van der Waals surface area contributed by atoms with Gasteiger partial charge < -0.3 is 9.72 Å². The standard InChI is InChI=1S/C13H15N3O2S/c1-2-3-7-18-8-12(17)16-13-15-11(9-19-13)10-5-4-6-14-10/h2,4-6,9,14H,1,3,7-8H2,(H,15,16,17). The second-order valence-electron chi connectivity index (χ2n) is 3.80. The van der Waals surface area contributed by atoms with Crippen molar-refractivity contribution in [3.8, 4) is 11.4 Å². The van der Waals surface area contributed by atoms with Gasteiger partial charge in [-0.05, 0) is 18.6 Å². The van der Waals surface area contributed by atoms with Crippen molar-refractivity contribution in [1.82, 2.24) is 9.97 Å². The van der Waals surface area contributed by atoms with Crippen LogP contribution in [0.4, 0.5) is 5.13 Å². The van der Waals surface area contributed by atoms with Gasteiger partial charge in [-0.25, -0.2) is 4.98 Å². The zero-order chi connectivity index (χ0) is 13.5. The molecule has 2 aromatic heterocycles. The molecule has 0 saturated carbocycles. The molecule has 2 aromatic rings. The number of nitrogens with one attached hydrogen (secondary N) is 2. The van der Waals surface area contributed by atoms with Crippen molar-refractivity contribution >= 4 is 22.4 Å². The lowest BCUT2D eigenvalue weighted by Crippen LogP contribution is -2.18. The third kappa shape index (κ3) is 4.04. The van der Waals surface area contributed by atoms with Crippen LogP contribution in [0.1, 0.15) is 6.42 Å². The van der Waals surface area contributed by atoms with Crippen LogP contribution in [0.25, 0.3) is 11.4 Å². The summed E-state index contributed by atoms with van der Waals surface area (Å²) in [7, 11) is 0. The van der Waals surface area contributed by atoms with E-state index in [0.29, 0.717) is 11.7 Å². The molecule has 0 aliphatic heterocycles. The molecule has 1 amide bonds. The Labute approximate surface area is 115 Å². The van der Waals surface area contributed by atoms with E-state index >= 15 is 0 Å². The van der Waals surface area contributed by atoms with Crippen LogP contribution in [-0.4, -0.2) is 29.1 Å². The summed E-state index contributed by atoms with van der Waals surface area (Å²) in [6, 6.07) is 3.83. The molecular weight excluding hydrogens is 262 g/mol. The van der Waals surface area contributed by atoms with E-state index in [9.17, 15) is 4.79 Å². The second-order valence-corrected chi connectivity index (χ2v) is 4.66. The fraction of sp³-hybridized carbons (Fsp3) is 0.231. The van der Waals surface area contributed by atoms with Gasteiger partial charge in [-0.3, -0.25) is 10.1 Å². The molecule has 19 heavy (non-hydrogen) atoms. The fourth-order valence-corrected chi connectivity index (χ4v) is 2.16. The average molecular weight is 277 g/mol. The van der Waals surface area contributed by atoms with Crippen molar-refractivity contribution < 1.29 is 9.53 Å². The summed E-state index contributed by atoms with van der Waals surface area (Å²) in [6.07, 6.45) is 4.32. The molecule has 2 heterocycles. The molecular formula is C13H15N3O2S. The number of hydrogen-bond acceptors (Lipinski definition) is 4. The first-order valence-electron chi connectivity index (χ1n) is 5.87. The van der Waals surface area contributed by atoms with Gasteiger partial charge in [0.1, 0.15) is 6.61 Å². The number of carbonyl (C=O) groups excluding carboxylic acids is 1. The minimum atomic E-state index is -0.198. The first-order valence-corrected chi connectivity index (χ1v) is 6.75. The maximum absolute atomic E-state index is 11.6. The lowest BCUT2D eigenvalue weighted by Gasteiger charge is -2.02. The third-order valence-corrected chi connectivity index (χ3v) is 3.08. The summed E-state index contributed by atoms with van der Waals surface area (Å²) in [4.78, 5) is 19.0. The van der Waals surface area contributed by atoms with E-state index in [-0.39, 0.29) is 12.5 Å². The highest BCUT2D eigenvalue weighted by Gasteiger charge is 2.08. The molecule has 0 atom stereocenters. The molecule has 2 rings (SSSR count). The molecule has 0 saturated heterocycles. The predicted octanol–water partition coefficient (Wildman–Crippen LogP) is 2.67. The highest BCUT2D eigenvalue weighted by atomic mass is 32.1. The Balaban J connectivity index is 1.83. The van der Waals surface area contributed by atoms with Crippen LogP contribution in [0.2, 0.25) is 0 Å². The molecule has 0 radical (unpaired) electrons. The van der Waals surface area contributed by atoms with E-state index in [0.717, 1.165) is 17.8 Å². The van der Waals surface area contributed by atoms with Crippen molar-refractivity contribution in [2.45, 2.75) is 6.42 Å². The summed E-state index contributed by atoms with van der Waals surface area (Å²) >= 11 is 1.39. The number of rotatable bonds is 7. The molecule has 0 aliphatic rings. The number of thiazole rings is 1. The van der Waals surface area contributed by atoms with Crippen LogP contribution in [0.5, 0.6) is 0 Å². The van der Waals surface area contributed by atoms with E-state index < -0.39 is 0 Å². The summed E-state index contributed by atoms with van der Waals surface area (Å²) in [5, 5.41) is 5.17. The number of ether oxygens (including phenoxy) is 1. The highest BCUT2D eigenvalue weighted by molar-refractivity contribution is 7.14. The van der Waals surface area contributed by atoms with Gasteiger partial charge in [0.25, 0.3) is 5.91 Å². The van der Waals surface area contributed by atoms with Gasteiger partial charge in [0, 0.05) is 11.6 Å². The van der Waals surface area contributed by atoms with E-state index in [1.54, 1.807) is 6.08 Å². The predicted molar refractivity (Wildman–Crippen MR) is 76.2 cm³/mol. The Morgan fingerprint density at radius 1 is 1.63 bits per heavy atom. The van der Waals surface area contributed by atoms with E-state index in [2.05, 4.69) is 21.9 Å². The van der Waals surface area contributed by atoms with E-state index in [4.69, 9.17) is 4.74 Å². The van der Waals surface area contributed by atoms with E-state index in [1.165, 1.54) is 11.3 Å². The molecule has 0 aromatic carbocycles. The van der Waals surface area contributed by atoms with Gasteiger partial charge in [0.05, 0.1) is 18.0 Å². The molecule has 100 valence electrons. The lowest BCUT2D eigenvalue weighted by molar-refractivity contribution is -0.120. The highest BCUT2D eigenvalue weighted by Crippen LogP contribution is 2.23. The summed E-state index contributed by atoms with van der Waals surface area (Å²) < 4.78 is 5.17. The van der Waals surface area contributed by atoms with Gasteiger partial charge in [0.15, 0.2) is 5.13 Å². The van der Waals surface area contributed by atoms with E-state index in [1.807, 2.05) is 23.7 Å². The smallest absolute Gasteiger partial charge is 0.252 e. The van der Waals surface area contributed by atoms with Crippen LogP contribution in [0.15, 0.2) is 36.4 Å². The lowest BCUT2D eigenvalue weighted by atomic mass is 10.3. The van der Waals surface area contributed by atoms with Gasteiger partial charge in [-0.15, -0.1) is 17.9 Å². The van der Waals surface area contributed by atoms with Crippen LogP contribution < -0.4 is 5.32 Å². The van der Waals surface area contributed by atoms with Crippen molar-refractivity contribution in [2.24, 2.45) is 0 Å². The third-order valence-electron chi connectivity index (χ3n) is 2.32. The van der Waals surface area contributed by atoms with Crippen molar-refractivity contribution in [3.63, 3.8) is 0 Å². The number of aromatic nitrogens is 2. The van der Waals surface area contributed by atoms with Crippen LogP contribution in [0, 0.1) is 0 Å². The molecule has 6 heteroatoms. The number of nitrogens with zero attached hydrogens (tertiary/aromatic N) is 1. The summed E-state index contributed by atoms with van der Waals surface area (Å²) in [6.45, 7) is 4.12. The topological polar surface area (TPSA) is 67.0 Å². The number of H-pyrrole nitrogens is 1. The average Bonchev–Trinajstić information content (AvgIpc) is 3.04. The SMILES string of the molecule is C=CCCOCC(=O)Nc1nc(-c2ccc[nH]2)cs1. The minimum absolute atomic E-state index is 0.0330. The molecule has 0 aliphatic carbocycles. The zero-order valence-corrected chi connectivity index (χ0v) is 11.2. The zero-order valence-electron chi connectivity index (χ0n) is 10.4.